The first-order chi connectivity index (χ1) is 10.5. The number of rotatable bonds is 2. The summed E-state index contributed by atoms with van der Waals surface area (Å²) < 4.78 is 14.2. The van der Waals surface area contributed by atoms with Crippen molar-refractivity contribution in [2.75, 3.05) is 10.7 Å². The molecule has 1 saturated heterocycles. The maximum absolute atomic E-state index is 14.2. The lowest BCUT2D eigenvalue weighted by molar-refractivity contribution is -0.115. The summed E-state index contributed by atoms with van der Waals surface area (Å²) in [7, 11) is 0. The number of carbonyl (C=O) groups excluding carboxylic acids is 1. The van der Waals surface area contributed by atoms with E-state index in [-0.39, 0.29) is 17.6 Å². The molecule has 1 aliphatic heterocycles. The van der Waals surface area contributed by atoms with Crippen LogP contribution in [0.4, 0.5) is 10.3 Å². The number of amides is 1. The van der Waals surface area contributed by atoms with E-state index in [4.69, 9.17) is 11.6 Å². The molecule has 22 heavy (non-hydrogen) atoms. The van der Waals surface area contributed by atoms with Crippen LogP contribution in [0.5, 0.6) is 0 Å². The molecule has 1 aromatic heterocycles. The van der Waals surface area contributed by atoms with Crippen molar-refractivity contribution < 1.29 is 9.18 Å². The van der Waals surface area contributed by atoms with Gasteiger partial charge in [0.05, 0.1) is 5.75 Å². The van der Waals surface area contributed by atoms with Crippen molar-refractivity contribution in [1.82, 2.24) is 9.97 Å². The van der Waals surface area contributed by atoms with E-state index in [2.05, 4.69) is 9.97 Å². The number of thioether (sulfide) groups is 1. The van der Waals surface area contributed by atoms with Gasteiger partial charge in [0.2, 0.25) is 11.9 Å². The second-order valence-electron chi connectivity index (χ2n) is 5.01. The number of hydrogen-bond acceptors (Lipinski definition) is 4. The maximum Gasteiger partial charge on any atom is 0.240 e. The normalized spacial score (nSPS) is 18.1. The van der Waals surface area contributed by atoms with Gasteiger partial charge in [-0.2, -0.15) is 0 Å². The van der Waals surface area contributed by atoms with E-state index in [1.165, 1.54) is 22.7 Å². The van der Waals surface area contributed by atoms with E-state index in [1.807, 2.05) is 19.9 Å². The van der Waals surface area contributed by atoms with Crippen LogP contribution in [-0.4, -0.2) is 21.6 Å². The van der Waals surface area contributed by atoms with Gasteiger partial charge < -0.3 is 0 Å². The van der Waals surface area contributed by atoms with Crippen molar-refractivity contribution in [3.05, 3.63) is 52.1 Å². The Kier molecular flexibility index (Phi) is 4.06. The topological polar surface area (TPSA) is 46.1 Å². The highest BCUT2D eigenvalue weighted by Gasteiger charge is 2.38. The van der Waals surface area contributed by atoms with Crippen molar-refractivity contribution in [3.8, 4) is 0 Å². The minimum atomic E-state index is -0.553. The lowest BCUT2D eigenvalue weighted by atomic mass is 10.2. The second-order valence-corrected chi connectivity index (χ2v) is 6.49. The lowest BCUT2D eigenvalue weighted by Gasteiger charge is -2.23. The maximum atomic E-state index is 14.2. The molecule has 0 bridgehead atoms. The second kappa shape index (κ2) is 5.85. The summed E-state index contributed by atoms with van der Waals surface area (Å²) in [5.74, 6) is -0.0590. The molecule has 0 saturated carbocycles. The fourth-order valence-corrected chi connectivity index (χ4v) is 3.95. The molecular formula is C15H13ClFN3OS. The molecule has 1 aliphatic rings. The quantitative estimate of drug-likeness (QED) is 0.839. The van der Waals surface area contributed by atoms with Crippen LogP contribution in [0.2, 0.25) is 5.02 Å². The Morgan fingerprint density at radius 1 is 1.32 bits per heavy atom. The van der Waals surface area contributed by atoms with Crippen molar-refractivity contribution in [2.24, 2.45) is 0 Å². The Labute approximate surface area is 136 Å². The lowest BCUT2D eigenvalue weighted by Crippen LogP contribution is -2.30. The summed E-state index contributed by atoms with van der Waals surface area (Å²) in [4.78, 5) is 22.3. The van der Waals surface area contributed by atoms with E-state index >= 15 is 0 Å². The smallest absolute Gasteiger partial charge is 0.240 e. The zero-order valence-corrected chi connectivity index (χ0v) is 13.6. The van der Waals surface area contributed by atoms with Crippen molar-refractivity contribution in [2.45, 2.75) is 19.2 Å². The van der Waals surface area contributed by atoms with Crippen molar-refractivity contribution in [1.29, 1.82) is 0 Å². The van der Waals surface area contributed by atoms with Gasteiger partial charge in [0.1, 0.15) is 11.2 Å². The molecule has 1 atom stereocenters. The number of hydrogen-bond donors (Lipinski definition) is 0. The Morgan fingerprint density at radius 2 is 2.00 bits per heavy atom. The average molecular weight is 338 g/mol. The monoisotopic (exact) mass is 337 g/mol. The van der Waals surface area contributed by atoms with Crippen LogP contribution in [0, 0.1) is 19.7 Å². The van der Waals surface area contributed by atoms with Gasteiger partial charge >= 0.3 is 0 Å². The molecule has 1 aromatic carbocycles. The van der Waals surface area contributed by atoms with Crippen LogP contribution in [0.1, 0.15) is 22.3 Å². The molecule has 7 heteroatoms. The molecule has 4 nitrogen and oxygen atoms in total. The molecule has 2 heterocycles. The molecule has 114 valence electrons. The van der Waals surface area contributed by atoms with E-state index in [9.17, 15) is 9.18 Å². The van der Waals surface area contributed by atoms with Crippen LogP contribution < -0.4 is 4.90 Å². The summed E-state index contributed by atoms with van der Waals surface area (Å²) in [5, 5.41) is -0.260. The molecule has 1 amide bonds. The van der Waals surface area contributed by atoms with Crippen molar-refractivity contribution in [3.63, 3.8) is 0 Å². The third kappa shape index (κ3) is 2.68. The predicted octanol–water partition coefficient (Wildman–Crippen LogP) is 3.66. The fourth-order valence-electron chi connectivity index (χ4n) is 2.42. The Hall–Kier alpha value is -1.66. The summed E-state index contributed by atoms with van der Waals surface area (Å²) in [6.07, 6.45) is 0. The predicted molar refractivity (Wildman–Crippen MR) is 85.6 cm³/mol. The molecular weight excluding hydrogens is 325 g/mol. The minimum Gasteiger partial charge on any atom is -0.273 e. The summed E-state index contributed by atoms with van der Waals surface area (Å²) in [6.45, 7) is 3.66. The van der Waals surface area contributed by atoms with E-state index in [0.29, 0.717) is 10.6 Å². The van der Waals surface area contributed by atoms with Gasteiger partial charge in [-0.05, 0) is 32.0 Å². The molecule has 0 radical (unpaired) electrons. The zero-order chi connectivity index (χ0) is 15.9. The van der Waals surface area contributed by atoms with Gasteiger partial charge in [-0.3, -0.25) is 9.69 Å². The molecule has 1 fully saturated rings. The number of aromatic nitrogens is 2. The van der Waals surface area contributed by atoms with E-state index < -0.39 is 11.2 Å². The Morgan fingerprint density at radius 3 is 2.64 bits per heavy atom. The van der Waals surface area contributed by atoms with Gasteiger partial charge in [-0.1, -0.05) is 17.7 Å². The molecule has 0 aliphatic carbocycles. The number of nitrogens with zero attached hydrogens (tertiary/aromatic N) is 3. The number of halogens is 2. The van der Waals surface area contributed by atoms with Gasteiger partial charge in [-0.15, -0.1) is 11.8 Å². The van der Waals surface area contributed by atoms with Crippen LogP contribution >= 0.6 is 23.4 Å². The molecule has 1 unspecified atom stereocenters. The first kappa shape index (κ1) is 15.2. The molecule has 2 aromatic rings. The first-order valence-corrected chi connectivity index (χ1v) is 8.10. The standard InChI is InChI=1S/C15H13ClFN3OS/c1-8-6-9(2)19-15(18-8)20-12(21)7-22-14(20)13-10(16)4-3-5-11(13)17/h3-6,14H,7H2,1-2H3. The van der Waals surface area contributed by atoms with Crippen LogP contribution in [-0.2, 0) is 4.79 Å². The van der Waals surface area contributed by atoms with Gasteiger partial charge in [0, 0.05) is 22.0 Å². The average Bonchev–Trinajstić information content (AvgIpc) is 2.79. The van der Waals surface area contributed by atoms with Crippen LogP contribution in [0.3, 0.4) is 0 Å². The fraction of sp³-hybridized carbons (Fsp3) is 0.267. The van der Waals surface area contributed by atoms with Gasteiger partial charge in [0.15, 0.2) is 0 Å². The highest BCUT2D eigenvalue weighted by atomic mass is 35.5. The van der Waals surface area contributed by atoms with Gasteiger partial charge in [0.25, 0.3) is 0 Å². The van der Waals surface area contributed by atoms with Gasteiger partial charge in [-0.25, -0.2) is 14.4 Å². The number of aryl methyl sites for hydroxylation is 2. The summed E-state index contributed by atoms with van der Waals surface area (Å²) >= 11 is 7.46. The van der Waals surface area contributed by atoms with E-state index in [1.54, 1.807) is 12.1 Å². The highest BCUT2D eigenvalue weighted by molar-refractivity contribution is 8.00. The summed E-state index contributed by atoms with van der Waals surface area (Å²) in [6, 6.07) is 6.32. The Bertz CT molecular complexity index is 715. The Balaban J connectivity index is 2.10. The number of benzene rings is 1. The zero-order valence-electron chi connectivity index (χ0n) is 12.0. The third-order valence-corrected chi connectivity index (χ3v) is 4.81. The van der Waals surface area contributed by atoms with E-state index in [0.717, 1.165) is 11.4 Å². The third-order valence-electron chi connectivity index (χ3n) is 3.30. The SMILES string of the molecule is Cc1cc(C)nc(N2C(=O)CSC2c2c(F)cccc2Cl)n1. The highest BCUT2D eigenvalue weighted by Crippen LogP contribution is 2.44. The minimum absolute atomic E-state index is 0.153. The van der Waals surface area contributed by atoms with Crippen LogP contribution in [0.15, 0.2) is 24.3 Å². The van der Waals surface area contributed by atoms with Crippen LogP contribution in [0.25, 0.3) is 0 Å². The number of carbonyl (C=O) groups is 1. The first-order valence-electron chi connectivity index (χ1n) is 6.67. The summed E-state index contributed by atoms with van der Waals surface area (Å²) in [5.41, 5.74) is 1.80. The molecule has 0 N–H and O–H groups in total. The molecule has 3 rings (SSSR count). The number of anilines is 1. The molecule has 0 spiro atoms. The van der Waals surface area contributed by atoms with Crippen molar-refractivity contribution >= 4 is 35.2 Å². The largest absolute Gasteiger partial charge is 0.273 e.